The lowest BCUT2D eigenvalue weighted by atomic mass is 10.1. The van der Waals surface area contributed by atoms with Crippen LogP contribution in [0.2, 0.25) is 0 Å². The maximum Gasteiger partial charge on any atom is 0.243 e. The third-order valence-electron chi connectivity index (χ3n) is 2.90. The molecule has 4 nitrogen and oxygen atoms in total. The molecule has 0 saturated heterocycles. The maximum absolute atomic E-state index is 12.1. The van der Waals surface area contributed by atoms with Gasteiger partial charge in [-0.05, 0) is 18.6 Å². The molecular weight excluding hydrogens is 226 g/mol. The van der Waals surface area contributed by atoms with Crippen LogP contribution in [0.4, 0.5) is 5.69 Å². The molecule has 0 fully saturated rings. The molecule has 0 saturated carbocycles. The average Bonchev–Trinajstić information content (AvgIpc) is 2.42. The van der Waals surface area contributed by atoms with E-state index in [0.717, 1.165) is 12.8 Å². The Labute approximate surface area is 108 Å². The van der Waals surface area contributed by atoms with Gasteiger partial charge in [-0.1, -0.05) is 31.9 Å². The summed E-state index contributed by atoms with van der Waals surface area (Å²) >= 11 is 0. The number of nitriles is 1. The van der Waals surface area contributed by atoms with Gasteiger partial charge in [0.1, 0.15) is 6.07 Å². The van der Waals surface area contributed by atoms with Gasteiger partial charge < -0.3 is 10.6 Å². The van der Waals surface area contributed by atoms with E-state index in [4.69, 9.17) is 11.0 Å². The van der Waals surface area contributed by atoms with Gasteiger partial charge in [-0.2, -0.15) is 5.26 Å². The number of hydrogen-bond acceptors (Lipinski definition) is 3. The lowest BCUT2D eigenvalue weighted by Gasteiger charge is -2.22. The van der Waals surface area contributed by atoms with Crippen molar-refractivity contribution in [2.75, 3.05) is 11.9 Å². The highest BCUT2D eigenvalue weighted by Crippen LogP contribution is 2.19. The molecule has 96 valence electrons. The van der Waals surface area contributed by atoms with E-state index < -0.39 is 6.04 Å². The van der Waals surface area contributed by atoms with Crippen molar-refractivity contribution in [3.8, 4) is 6.07 Å². The fraction of sp³-hybridized carbons (Fsp3) is 0.429. The number of amides is 1. The highest BCUT2D eigenvalue weighted by molar-refractivity contribution is 5.97. The Hall–Kier alpha value is -1.86. The zero-order chi connectivity index (χ0) is 13.5. The van der Waals surface area contributed by atoms with Crippen LogP contribution in [-0.4, -0.2) is 19.0 Å². The summed E-state index contributed by atoms with van der Waals surface area (Å²) in [5.41, 5.74) is 6.95. The van der Waals surface area contributed by atoms with Crippen molar-refractivity contribution in [3.05, 3.63) is 29.8 Å². The predicted molar refractivity (Wildman–Crippen MR) is 72.1 cm³/mol. The summed E-state index contributed by atoms with van der Waals surface area (Å²) in [6.45, 7) is 2.06. The molecule has 4 heteroatoms. The first-order valence-electron chi connectivity index (χ1n) is 6.14. The quantitative estimate of drug-likeness (QED) is 0.863. The van der Waals surface area contributed by atoms with Crippen LogP contribution in [0.1, 0.15) is 31.7 Å². The Kier molecular flexibility index (Phi) is 5.34. The number of nitrogens with zero attached hydrogens (tertiary/aromatic N) is 2. The van der Waals surface area contributed by atoms with E-state index in [-0.39, 0.29) is 5.91 Å². The molecule has 1 rings (SSSR count). The summed E-state index contributed by atoms with van der Waals surface area (Å²) in [4.78, 5) is 13.6. The summed E-state index contributed by atoms with van der Waals surface area (Å²) in [5.74, 6) is -0.147. The lowest BCUT2D eigenvalue weighted by molar-refractivity contribution is -0.119. The molecule has 1 aromatic carbocycles. The fourth-order valence-corrected chi connectivity index (χ4v) is 1.78. The molecule has 0 aliphatic heterocycles. The van der Waals surface area contributed by atoms with Crippen LogP contribution in [-0.2, 0) is 4.79 Å². The van der Waals surface area contributed by atoms with Gasteiger partial charge in [-0.15, -0.1) is 0 Å². The van der Waals surface area contributed by atoms with Gasteiger partial charge >= 0.3 is 0 Å². The molecule has 1 aromatic rings. The molecule has 1 atom stereocenters. The highest BCUT2D eigenvalue weighted by atomic mass is 16.2. The Morgan fingerprint density at radius 1 is 1.50 bits per heavy atom. The Morgan fingerprint density at radius 3 is 2.78 bits per heavy atom. The normalized spacial score (nSPS) is 11.7. The average molecular weight is 245 g/mol. The zero-order valence-corrected chi connectivity index (χ0v) is 10.9. The first-order valence-corrected chi connectivity index (χ1v) is 6.14. The SMILES string of the molecule is CCCCC(N)C(=O)N(C)c1ccccc1C#N. The second kappa shape index (κ2) is 6.77. The van der Waals surface area contributed by atoms with Crippen molar-refractivity contribution in [3.63, 3.8) is 0 Å². The van der Waals surface area contributed by atoms with E-state index in [2.05, 4.69) is 13.0 Å². The number of para-hydroxylation sites is 1. The minimum Gasteiger partial charge on any atom is -0.320 e. The number of anilines is 1. The molecule has 0 heterocycles. The van der Waals surface area contributed by atoms with Gasteiger partial charge in [-0.3, -0.25) is 4.79 Å². The molecule has 1 amide bonds. The summed E-state index contributed by atoms with van der Waals surface area (Å²) in [7, 11) is 1.66. The number of carbonyl (C=O) groups is 1. The number of likely N-dealkylation sites (N-methyl/N-ethyl adjacent to an activating group) is 1. The third kappa shape index (κ3) is 3.31. The summed E-state index contributed by atoms with van der Waals surface area (Å²) in [5, 5.41) is 9.01. The van der Waals surface area contributed by atoms with Crippen molar-refractivity contribution >= 4 is 11.6 Å². The van der Waals surface area contributed by atoms with Crippen LogP contribution >= 0.6 is 0 Å². The minimum absolute atomic E-state index is 0.147. The van der Waals surface area contributed by atoms with E-state index in [1.165, 1.54) is 4.90 Å². The smallest absolute Gasteiger partial charge is 0.243 e. The number of carbonyl (C=O) groups excluding carboxylic acids is 1. The summed E-state index contributed by atoms with van der Waals surface area (Å²) < 4.78 is 0. The van der Waals surface area contributed by atoms with E-state index >= 15 is 0 Å². The predicted octanol–water partition coefficient (Wildman–Crippen LogP) is 2.04. The topological polar surface area (TPSA) is 70.1 Å². The molecular formula is C14H19N3O. The van der Waals surface area contributed by atoms with E-state index in [9.17, 15) is 4.79 Å². The molecule has 2 N–H and O–H groups in total. The fourth-order valence-electron chi connectivity index (χ4n) is 1.78. The van der Waals surface area contributed by atoms with Crippen molar-refractivity contribution in [2.24, 2.45) is 5.73 Å². The van der Waals surface area contributed by atoms with Crippen LogP contribution in [0.5, 0.6) is 0 Å². The highest BCUT2D eigenvalue weighted by Gasteiger charge is 2.20. The molecule has 0 aliphatic rings. The largest absolute Gasteiger partial charge is 0.320 e. The molecule has 0 aliphatic carbocycles. The van der Waals surface area contributed by atoms with Crippen LogP contribution in [0, 0.1) is 11.3 Å². The van der Waals surface area contributed by atoms with Crippen LogP contribution in [0.3, 0.4) is 0 Å². The van der Waals surface area contributed by atoms with Crippen LogP contribution in [0.15, 0.2) is 24.3 Å². The number of unbranched alkanes of at least 4 members (excludes halogenated alkanes) is 1. The third-order valence-corrected chi connectivity index (χ3v) is 2.90. The van der Waals surface area contributed by atoms with Crippen molar-refractivity contribution in [2.45, 2.75) is 32.2 Å². The standard InChI is InChI=1S/C14H19N3O/c1-3-4-8-12(16)14(18)17(2)13-9-6-5-7-11(13)10-15/h5-7,9,12H,3-4,8,16H2,1-2H3. The zero-order valence-electron chi connectivity index (χ0n) is 10.9. The van der Waals surface area contributed by atoms with Crippen molar-refractivity contribution in [1.29, 1.82) is 5.26 Å². The summed E-state index contributed by atoms with van der Waals surface area (Å²) in [6.07, 6.45) is 2.62. The second-order valence-electron chi connectivity index (χ2n) is 4.27. The van der Waals surface area contributed by atoms with Crippen molar-refractivity contribution < 1.29 is 4.79 Å². The second-order valence-corrected chi connectivity index (χ2v) is 4.27. The Bertz CT molecular complexity index is 451. The Morgan fingerprint density at radius 2 is 2.17 bits per heavy atom. The number of nitrogens with two attached hydrogens (primary N) is 1. The maximum atomic E-state index is 12.1. The molecule has 0 spiro atoms. The van der Waals surface area contributed by atoms with Crippen LogP contribution < -0.4 is 10.6 Å². The van der Waals surface area contributed by atoms with Crippen LogP contribution in [0.25, 0.3) is 0 Å². The number of rotatable bonds is 5. The van der Waals surface area contributed by atoms with Gasteiger partial charge in [-0.25, -0.2) is 0 Å². The van der Waals surface area contributed by atoms with Gasteiger partial charge in [0.05, 0.1) is 17.3 Å². The monoisotopic (exact) mass is 245 g/mol. The molecule has 18 heavy (non-hydrogen) atoms. The van der Waals surface area contributed by atoms with Gasteiger partial charge in [0, 0.05) is 7.05 Å². The summed E-state index contributed by atoms with van der Waals surface area (Å²) in [6, 6.07) is 8.60. The molecule has 0 bridgehead atoms. The Balaban J connectivity index is 2.83. The number of hydrogen-bond donors (Lipinski definition) is 1. The van der Waals surface area contributed by atoms with E-state index in [0.29, 0.717) is 17.7 Å². The first kappa shape index (κ1) is 14.2. The van der Waals surface area contributed by atoms with Crippen molar-refractivity contribution in [1.82, 2.24) is 0 Å². The lowest BCUT2D eigenvalue weighted by Crippen LogP contribution is -2.42. The molecule has 0 radical (unpaired) electrons. The minimum atomic E-state index is -0.498. The molecule has 1 unspecified atom stereocenters. The van der Waals surface area contributed by atoms with E-state index in [1.807, 2.05) is 0 Å². The van der Waals surface area contributed by atoms with Gasteiger partial charge in [0.15, 0.2) is 0 Å². The van der Waals surface area contributed by atoms with Gasteiger partial charge in [0.2, 0.25) is 5.91 Å². The first-order chi connectivity index (χ1) is 8.61. The number of benzene rings is 1. The van der Waals surface area contributed by atoms with E-state index in [1.54, 1.807) is 31.3 Å². The molecule has 0 aromatic heterocycles. The van der Waals surface area contributed by atoms with Gasteiger partial charge in [0.25, 0.3) is 0 Å².